The first-order valence-corrected chi connectivity index (χ1v) is 6.56. The molecular formula is C14H19ClFN. The van der Waals surface area contributed by atoms with Crippen LogP contribution in [0.25, 0.3) is 0 Å². The molecule has 3 heteroatoms. The molecule has 1 aromatic rings. The Morgan fingerprint density at radius 3 is 2.47 bits per heavy atom. The molecule has 0 saturated carbocycles. The number of nitrogens with one attached hydrogen (secondary N) is 1. The van der Waals surface area contributed by atoms with E-state index in [9.17, 15) is 4.39 Å². The summed E-state index contributed by atoms with van der Waals surface area (Å²) in [6.45, 7) is 5.19. The summed E-state index contributed by atoms with van der Waals surface area (Å²) in [6, 6.07) is 5.64. The van der Waals surface area contributed by atoms with Crippen molar-refractivity contribution in [2.45, 2.75) is 38.3 Å². The number of rotatable bonds is 2. The summed E-state index contributed by atoms with van der Waals surface area (Å²) in [5.74, 6) is 0.514. The van der Waals surface area contributed by atoms with Gasteiger partial charge < -0.3 is 5.32 Å². The zero-order valence-electron chi connectivity index (χ0n) is 10.4. The Morgan fingerprint density at radius 2 is 1.94 bits per heavy atom. The molecule has 1 aromatic carbocycles. The van der Waals surface area contributed by atoms with Crippen molar-refractivity contribution >= 4 is 11.6 Å². The van der Waals surface area contributed by atoms with E-state index in [0.29, 0.717) is 16.5 Å². The van der Waals surface area contributed by atoms with Crippen LogP contribution in [-0.4, -0.2) is 13.1 Å². The molecule has 0 atom stereocenters. The molecule has 0 bridgehead atoms. The molecule has 1 heterocycles. The normalized spacial score (nSPS) is 18.4. The molecule has 0 unspecified atom stereocenters. The van der Waals surface area contributed by atoms with Crippen LogP contribution in [0.4, 0.5) is 4.39 Å². The second-order valence-electron chi connectivity index (χ2n) is 5.23. The van der Waals surface area contributed by atoms with Gasteiger partial charge in [0.15, 0.2) is 0 Å². The van der Waals surface area contributed by atoms with E-state index >= 15 is 0 Å². The fourth-order valence-electron chi connectivity index (χ4n) is 2.36. The van der Waals surface area contributed by atoms with Gasteiger partial charge >= 0.3 is 0 Å². The van der Waals surface area contributed by atoms with Crippen LogP contribution >= 0.6 is 11.6 Å². The van der Waals surface area contributed by atoms with Crippen molar-refractivity contribution in [2.24, 2.45) is 0 Å². The van der Waals surface area contributed by atoms with Crippen LogP contribution in [0, 0.1) is 0 Å². The fraction of sp³-hybridized carbons (Fsp3) is 0.571. The predicted molar refractivity (Wildman–Crippen MR) is 70.4 cm³/mol. The van der Waals surface area contributed by atoms with Crippen LogP contribution in [0.15, 0.2) is 18.2 Å². The highest BCUT2D eigenvalue weighted by Crippen LogP contribution is 2.34. The van der Waals surface area contributed by atoms with Gasteiger partial charge in [-0.15, -0.1) is 0 Å². The van der Waals surface area contributed by atoms with Crippen molar-refractivity contribution < 1.29 is 4.39 Å². The second-order valence-corrected chi connectivity index (χ2v) is 5.64. The number of hydrogen-bond acceptors (Lipinski definition) is 1. The SMILES string of the molecule is CC(C)(F)c1ccc(C2CCNCC2)c(Cl)c1. The maximum absolute atomic E-state index is 13.8. The van der Waals surface area contributed by atoms with Gasteiger partial charge in [0.2, 0.25) is 0 Å². The van der Waals surface area contributed by atoms with E-state index in [4.69, 9.17) is 11.6 Å². The minimum Gasteiger partial charge on any atom is -0.317 e. The molecule has 2 rings (SSSR count). The van der Waals surface area contributed by atoms with Gasteiger partial charge in [0.1, 0.15) is 5.67 Å². The van der Waals surface area contributed by atoms with Crippen LogP contribution in [0.5, 0.6) is 0 Å². The molecule has 0 spiro atoms. The third kappa shape index (κ3) is 2.99. The van der Waals surface area contributed by atoms with E-state index in [1.807, 2.05) is 12.1 Å². The van der Waals surface area contributed by atoms with E-state index in [-0.39, 0.29) is 0 Å². The van der Waals surface area contributed by atoms with Crippen LogP contribution in [-0.2, 0) is 5.67 Å². The average molecular weight is 256 g/mol. The quantitative estimate of drug-likeness (QED) is 0.842. The molecule has 1 nitrogen and oxygen atoms in total. The van der Waals surface area contributed by atoms with Crippen LogP contribution in [0.1, 0.15) is 43.7 Å². The van der Waals surface area contributed by atoms with E-state index < -0.39 is 5.67 Å². The standard InChI is InChI=1S/C14H19ClFN/c1-14(2,16)11-3-4-12(13(15)9-11)10-5-7-17-8-6-10/h3-4,9-10,17H,5-8H2,1-2H3. The summed E-state index contributed by atoms with van der Waals surface area (Å²) in [5, 5.41) is 4.04. The lowest BCUT2D eigenvalue weighted by Crippen LogP contribution is -2.26. The van der Waals surface area contributed by atoms with Crippen molar-refractivity contribution in [3.05, 3.63) is 34.3 Å². The molecule has 1 aliphatic heterocycles. The molecule has 1 aliphatic rings. The van der Waals surface area contributed by atoms with Crippen molar-refractivity contribution in [2.75, 3.05) is 13.1 Å². The summed E-state index contributed by atoms with van der Waals surface area (Å²) in [6.07, 6.45) is 2.22. The maximum Gasteiger partial charge on any atom is 0.130 e. The molecule has 1 fully saturated rings. The number of halogens is 2. The van der Waals surface area contributed by atoms with E-state index in [1.54, 1.807) is 19.9 Å². The predicted octanol–water partition coefficient (Wildman–Crippen LogP) is 4.01. The van der Waals surface area contributed by atoms with E-state index in [1.165, 1.54) is 5.56 Å². The first-order chi connectivity index (χ1) is 7.98. The van der Waals surface area contributed by atoms with E-state index in [2.05, 4.69) is 5.32 Å². The second kappa shape index (κ2) is 4.95. The van der Waals surface area contributed by atoms with Crippen molar-refractivity contribution in [1.29, 1.82) is 0 Å². The van der Waals surface area contributed by atoms with Gasteiger partial charge in [-0.2, -0.15) is 0 Å². The molecule has 0 aromatic heterocycles. The number of alkyl halides is 1. The average Bonchev–Trinajstić information content (AvgIpc) is 2.29. The Hall–Kier alpha value is -0.600. The Kier molecular flexibility index (Phi) is 3.74. The van der Waals surface area contributed by atoms with Crippen molar-refractivity contribution in [1.82, 2.24) is 5.32 Å². The van der Waals surface area contributed by atoms with Gasteiger partial charge in [-0.25, -0.2) is 4.39 Å². The Morgan fingerprint density at radius 1 is 1.29 bits per heavy atom. The molecule has 0 aliphatic carbocycles. The molecule has 0 radical (unpaired) electrons. The summed E-state index contributed by atoms with van der Waals surface area (Å²) >= 11 is 6.28. The lowest BCUT2D eigenvalue weighted by atomic mass is 9.88. The van der Waals surface area contributed by atoms with Crippen LogP contribution in [0.3, 0.4) is 0 Å². The maximum atomic E-state index is 13.8. The molecular weight excluding hydrogens is 237 g/mol. The Bertz CT molecular complexity index is 392. The zero-order chi connectivity index (χ0) is 12.5. The first kappa shape index (κ1) is 12.8. The smallest absolute Gasteiger partial charge is 0.130 e. The Balaban J connectivity index is 2.25. The molecule has 1 saturated heterocycles. The summed E-state index contributed by atoms with van der Waals surface area (Å²) in [4.78, 5) is 0. The largest absolute Gasteiger partial charge is 0.317 e. The lowest BCUT2D eigenvalue weighted by Gasteiger charge is -2.25. The minimum atomic E-state index is -1.32. The first-order valence-electron chi connectivity index (χ1n) is 6.18. The molecule has 0 amide bonds. The third-order valence-corrected chi connectivity index (χ3v) is 3.79. The number of benzene rings is 1. The van der Waals surface area contributed by atoms with Crippen molar-refractivity contribution in [3.63, 3.8) is 0 Å². The molecule has 1 N–H and O–H groups in total. The third-order valence-electron chi connectivity index (χ3n) is 3.47. The zero-order valence-corrected chi connectivity index (χ0v) is 11.1. The van der Waals surface area contributed by atoms with Crippen LogP contribution in [0.2, 0.25) is 5.02 Å². The van der Waals surface area contributed by atoms with Gasteiger partial charge in [-0.3, -0.25) is 0 Å². The highest BCUT2D eigenvalue weighted by molar-refractivity contribution is 6.31. The van der Waals surface area contributed by atoms with Gasteiger partial charge in [0, 0.05) is 5.02 Å². The minimum absolute atomic E-state index is 0.514. The van der Waals surface area contributed by atoms with E-state index in [0.717, 1.165) is 25.9 Å². The Labute approximate surface area is 107 Å². The topological polar surface area (TPSA) is 12.0 Å². The lowest BCUT2D eigenvalue weighted by molar-refractivity contribution is 0.221. The number of piperidine rings is 1. The van der Waals surface area contributed by atoms with Crippen molar-refractivity contribution in [3.8, 4) is 0 Å². The summed E-state index contributed by atoms with van der Waals surface area (Å²) in [5.41, 5.74) is 0.498. The summed E-state index contributed by atoms with van der Waals surface area (Å²) < 4.78 is 13.8. The van der Waals surface area contributed by atoms with Gasteiger partial charge in [0.05, 0.1) is 0 Å². The fourth-order valence-corrected chi connectivity index (χ4v) is 2.70. The highest BCUT2D eigenvalue weighted by atomic mass is 35.5. The van der Waals surface area contributed by atoms with Gasteiger partial charge in [-0.1, -0.05) is 23.7 Å². The summed E-state index contributed by atoms with van der Waals surface area (Å²) in [7, 11) is 0. The van der Waals surface area contributed by atoms with Gasteiger partial charge in [-0.05, 0) is 62.9 Å². The molecule has 17 heavy (non-hydrogen) atoms. The monoisotopic (exact) mass is 255 g/mol. The van der Waals surface area contributed by atoms with Crippen LogP contribution < -0.4 is 5.32 Å². The highest BCUT2D eigenvalue weighted by Gasteiger charge is 2.22. The number of hydrogen-bond donors (Lipinski definition) is 1. The van der Waals surface area contributed by atoms with Gasteiger partial charge in [0.25, 0.3) is 0 Å². The molecule has 94 valence electrons.